The van der Waals surface area contributed by atoms with Gasteiger partial charge in [0.2, 0.25) is 0 Å². The molecular formula is C23H23N5. The van der Waals surface area contributed by atoms with E-state index in [1.165, 1.54) is 49.1 Å². The van der Waals surface area contributed by atoms with Crippen molar-refractivity contribution in [3.8, 4) is 6.07 Å². The van der Waals surface area contributed by atoms with Crippen molar-refractivity contribution in [2.45, 2.75) is 25.8 Å². The van der Waals surface area contributed by atoms with E-state index in [0.29, 0.717) is 5.69 Å². The third-order valence-corrected chi connectivity index (χ3v) is 5.79. The molecule has 5 heteroatoms. The Bertz CT molecular complexity index is 1080. The number of aromatic amines is 1. The molecule has 1 fully saturated rings. The largest absolute Gasteiger partial charge is 0.367 e. The average molecular weight is 369 g/mol. The van der Waals surface area contributed by atoms with Crippen molar-refractivity contribution >= 4 is 28.4 Å². The van der Waals surface area contributed by atoms with Crippen LogP contribution in [0.4, 0.5) is 5.82 Å². The lowest BCUT2D eigenvalue weighted by Gasteiger charge is -2.26. The molecule has 4 heterocycles. The van der Waals surface area contributed by atoms with Crippen molar-refractivity contribution in [2.75, 3.05) is 25.0 Å². The van der Waals surface area contributed by atoms with Crippen LogP contribution in [-0.4, -0.2) is 34.5 Å². The van der Waals surface area contributed by atoms with Gasteiger partial charge < -0.3 is 10.3 Å². The molecule has 0 aliphatic carbocycles. The molecule has 0 amide bonds. The summed E-state index contributed by atoms with van der Waals surface area (Å²) in [6, 6.07) is 13.0. The van der Waals surface area contributed by atoms with Crippen LogP contribution in [0.3, 0.4) is 0 Å². The summed E-state index contributed by atoms with van der Waals surface area (Å²) >= 11 is 0. The molecule has 0 radical (unpaired) electrons. The van der Waals surface area contributed by atoms with E-state index in [0.717, 1.165) is 35.4 Å². The Morgan fingerprint density at radius 1 is 1.11 bits per heavy atom. The lowest BCUT2D eigenvalue weighted by atomic mass is 9.98. The van der Waals surface area contributed by atoms with Crippen molar-refractivity contribution in [3.05, 3.63) is 58.9 Å². The van der Waals surface area contributed by atoms with Gasteiger partial charge in [-0.25, -0.2) is 4.98 Å². The summed E-state index contributed by atoms with van der Waals surface area (Å²) in [6.07, 6.45) is 7.99. The van der Waals surface area contributed by atoms with E-state index in [1.807, 2.05) is 6.07 Å². The number of anilines is 1. The number of nitrogens with zero attached hydrogens (tertiary/aromatic N) is 3. The molecule has 0 unspecified atom stereocenters. The van der Waals surface area contributed by atoms with Crippen LogP contribution in [0.5, 0.6) is 0 Å². The Morgan fingerprint density at radius 2 is 1.93 bits per heavy atom. The zero-order valence-corrected chi connectivity index (χ0v) is 15.8. The molecule has 1 saturated heterocycles. The van der Waals surface area contributed by atoms with Gasteiger partial charge in [0.05, 0.1) is 11.7 Å². The standard InChI is InChI=1S/C23H23N5/c24-12-19-11-20-21-10-18(13-26-23(21)27-22(20)14-25-19)17-6-4-16(5-7-17)15-28-8-2-1-3-9-28/h4-7,10-11,14,26-27H,1-3,8-9,13,15H2. The predicted molar refractivity (Wildman–Crippen MR) is 113 cm³/mol. The first-order valence-electron chi connectivity index (χ1n) is 9.98. The predicted octanol–water partition coefficient (Wildman–Crippen LogP) is 4.39. The summed E-state index contributed by atoms with van der Waals surface area (Å²) in [5, 5.41) is 13.7. The number of pyridine rings is 1. The number of aromatic nitrogens is 2. The minimum absolute atomic E-state index is 0.442. The molecule has 5 nitrogen and oxygen atoms in total. The third kappa shape index (κ3) is 3.17. The van der Waals surface area contributed by atoms with E-state index in [1.54, 1.807) is 6.20 Å². The molecule has 28 heavy (non-hydrogen) atoms. The fourth-order valence-electron chi connectivity index (χ4n) is 4.26. The van der Waals surface area contributed by atoms with Crippen LogP contribution in [0.25, 0.3) is 22.6 Å². The van der Waals surface area contributed by atoms with Crippen molar-refractivity contribution in [3.63, 3.8) is 0 Å². The van der Waals surface area contributed by atoms with E-state index in [2.05, 4.69) is 56.6 Å². The lowest BCUT2D eigenvalue weighted by molar-refractivity contribution is 0.221. The molecule has 2 aromatic heterocycles. The Balaban J connectivity index is 1.42. The quantitative estimate of drug-likeness (QED) is 0.719. The number of nitriles is 1. The van der Waals surface area contributed by atoms with Crippen LogP contribution in [0, 0.1) is 11.3 Å². The molecule has 2 aliphatic heterocycles. The molecule has 1 aromatic carbocycles. The van der Waals surface area contributed by atoms with Crippen LogP contribution in [0.1, 0.15) is 41.6 Å². The lowest BCUT2D eigenvalue weighted by Crippen LogP contribution is -2.29. The molecule has 0 saturated carbocycles. The van der Waals surface area contributed by atoms with Gasteiger partial charge in [-0.3, -0.25) is 4.90 Å². The molecule has 2 aliphatic rings. The molecule has 0 atom stereocenters. The fraction of sp³-hybridized carbons (Fsp3) is 0.304. The first-order chi connectivity index (χ1) is 13.8. The summed E-state index contributed by atoms with van der Waals surface area (Å²) in [5.74, 6) is 0.998. The van der Waals surface area contributed by atoms with Gasteiger partial charge >= 0.3 is 0 Å². The number of hydrogen-bond donors (Lipinski definition) is 2. The van der Waals surface area contributed by atoms with Gasteiger partial charge in [-0.15, -0.1) is 0 Å². The van der Waals surface area contributed by atoms with Crippen LogP contribution < -0.4 is 5.32 Å². The van der Waals surface area contributed by atoms with Crippen molar-refractivity contribution in [1.29, 1.82) is 5.26 Å². The summed E-state index contributed by atoms with van der Waals surface area (Å²) in [6.45, 7) is 4.28. The number of piperidine rings is 1. The van der Waals surface area contributed by atoms with Crippen LogP contribution >= 0.6 is 0 Å². The number of nitrogens with one attached hydrogen (secondary N) is 2. The van der Waals surface area contributed by atoms with Crippen LogP contribution in [0.2, 0.25) is 0 Å². The third-order valence-electron chi connectivity index (χ3n) is 5.79. The minimum atomic E-state index is 0.442. The highest BCUT2D eigenvalue weighted by Gasteiger charge is 2.17. The van der Waals surface area contributed by atoms with Crippen LogP contribution in [0.15, 0.2) is 36.5 Å². The number of likely N-dealkylation sites (tertiary alicyclic amines) is 1. The van der Waals surface area contributed by atoms with E-state index >= 15 is 0 Å². The molecule has 0 spiro atoms. The maximum atomic E-state index is 9.15. The number of H-pyrrole nitrogens is 1. The highest BCUT2D eigenvalue weighted by Crippen LogP contribution is 2.34. The summed E-state index contributed by atoms with van der Waals surface area (Å²) < 4.78 is 0. The molecular weight excluding hydrogens is 346 g/mol. The van der Waals surface area contributed by atoms with Gasteiger partial charge in [0, 0.05) is 24.0 Å². The number of benzene rings is 1. The average Bonchev–Trinajstić information content (AvgIpc) is 3.12. The molecule has 140 valence electrons. The summed E-state index contributed by atoms with van der Waals surface area (Å²) in [7, 11) is 0. The van der Waals surface area contributed by atoms with E-state index in [-0.39, 0.29) is 0 Å². The fourth-order valence-corrected chi connectivity index (χ4v) is 4.26. The Labute approximate surface area is 164 Å². The van der Waals surface area contributed by atoms with E-state index in [9.17, 15) is 0 Å². The molecule has 3 aromatic rings. The second-order valence-electron chi connectivity index (χ2n) is 7.70. The monoisotopic (exact) mass is 369 g/mol. The second-order valence-corrected chi connectivity index (χ2v) is 7.70. The van der Waals surface area contributed by atoms with E-state index in [4.69, 9.17) is 5.26 Å². The minimum Gasteiger partial charge on any atom is -0.367 e. The van der Waals surface area contributed by atoms with Crippen molar-refractivity contribution in [1.82, 2.24) is 14.9 Å². The number of rotatable bonds is 3. The van der Waals surface area contributed by atoms with Gasteiger partial charge in [0.25, 0.3) is 0 Å². The highest BCUT2D eigenvalue weighted by atomic mass is 15.1. The Morgan fingerprint density at radius 3 is 2.71 bits per heavy atom. The first kappa shape index (κ1) is 17.0. The number of fused-ring (bicyclic) bond motifs is 3. The summed E-state index contributed by atoms with van der Waals surface area (Å²) in [4.78, 5) is 10.1. The second kappa shape index (κ2) is 7.14. The van der Waals surface area contributed by atoms with Gasteiger partial charge in [0.1, 0.15) is 17.6 Å². The van der Waals surface area contributed by atoms with Crippen molar-refractivity contribution in [2.24, 2.45) is 0 Å². The van der Waals surface area contributed by atoms with Gasteiger partial charge in [0.15, 0.2) is 0 Å². The topological polar surface area (TPSA) is 67.7 Å². The van der Waals surface area contributed by atoms with E-state index < -0.39 is 0 Å². The SMILES string of the molecule is N#Cc1cc2c3c([nH]c2cn1)NCC(c1ccc(CN2CCCCC2)cc1)=C3. The van der Waals surface area contributed by atoms with Crippen LogP contribution in [-0.2, 0) is 6.54 Å². The number of hydrogen-bond acceptors (Lipinski definition) is 4. The maximum Gasteiger partial charge on any atom is 0.141 e. The Kier molecular flexibility index (Phi) is 4.34. The molecule has 2 N–H and O–H groups in total. The molecule has 0 bridgehead atoms. The zero-order chi connectivity index (χ0) is 18.9. The highest BCUT2D eigenvalue weighted by molar-refractivity contribution is 6.02. The first-order valence-corrected chi connectivity index (χ1v) is 9.98. The van der Waals surface area contributed by atoms with Gasteiger partial charge in [-0.2, -0.15) is 5.26 Å². The normalized spacial score (nSPS) is 16.9. The summed E-state index contributed by atoms with van der Waals surface area (Å²) in [5.41, 5.74) is 6.38. The van der Waals surface area contributed by atoms with Crippen molar-refractivity contribution < 1.29 is 0 Å². The van der Waals surface area contributed by atoms with Gasteiger partial charge in [-0.1, -0.05) is 30.7 Å². The smallest absolute Gasteiger partial charge is 0.141 e. The maximum absolute atomic E-state index is 9.15. The van der Waals surface area contributed by atoms with Gasteiger partial charge in [-0.05, 0) is 54.8 Å². The molecule has 5 rings (SSSR count). The Hall–Kier alpha value is -3.10. The zero-order valence-electron chi connectivity index (χ0n) is 15.8.